The minimum absolute atomic E-state index is 0.360. The van der Waals surface area contributed by atoms with E-state index in [1.807, 2.05) is 0 Å². The number of hydrogen-bond acceptors (Lipinski definition) is 4. The van der Waals surface area contributed by atoms with E-state index in [4.69, 9.17) is 22.1 Å². The first kappa shape index (κ1) is 15.3. The minimum Gasteiger partial charge on any atom is -0.479 e. The van der Waals surface area contributed by atoms with Crippen LogP contribution in [0, 0.1) is 0 Å². The van der Waals surface area contributed by atoms with Gasteiger partial charge in [0, 0.05) is 13.6 Å². The van der Waals surface area contributed by atoms with Crippen molar-refractivity contribution < 1.29 is 14.3 Å². The number of carbonyl (C=O) groups excluding carboxylic acids is 2. The molecule has 1 aromatic rings. The molecule has 104 valence electrons. The molecule has 0 fully saturated rings. The van der Waals surface area contributed by atoms with Crippen LogP contribution >= 0.6 is 11.6 Å². The molecule has 0 aliphatic heterocycles. The smallest absolute Gasteiger partial charge is 0.321 e. The summed E-state index contributed by atoms with van der Waals surface area (Å²) in [4.78, 5) is 22.6. The molecule has 0 aromatic heterocycles. The summed E-state index contributed by atoms with van der Waals surface area (Å²) in [6, 6.07) is 4.46. The minimum atomic E-state index is -0.849. The van der Waals surface area contributed by atoms with E-state index < -0.39 is 18.0 Å². The topological polar surface area (TPSA) is 93.5 Å². The third-order valence-electron chi connectivity index (χ3n) is 2.37. The van der Waals surface area contributed by atoms with Gasteiger partial charge in [-0.3, -0.25) is 10.1 Å². The first-order valence-electron chi connectivity index (χ1n) is 5.65. The maximum atomic E-state index is 11.6. The Morgan fingerprint density at radius 3 is 2.68 bits per heavy atom. The second-order valence-electron chi connectivity index (χ2n) is 3.80. The Bertz CT molecular complexity index is 479. The monoisotopic (exact) mass is 285 g/mol. The van der Waals surface area contributed by atoms with Crippen LogP contribution < -0.4 is 21.1 Å². The predicted molar refractivity (Wildman–Crippen MR) is 72.0 cm³/mol. The van der Waals surface area contributed by atoms with Gasteiger partial charge in [-0.25, -0.2) is 4.79 Å². The Hall–Kier alpha value is -1.79. The van der Waals surface area contributed by atoms with Gasteiger partial charge in [-0.1, -0.05) is 17.7 Å². The van der Waals surface area contributed by atoms with Crippen molar-refractivity contribution >= 4 is 23.5 Å². The van der Waals surface area contributed by atoms with Crippen LogP contribution in [0.25, 0.3) is 0 Å². The maximum Gasteiger partial charge on any atom is 0.321 e. The van der Waals surface area contributed by atoms with Crippen molar-refractivity contribution in [1.29, 1.82) is 0 Å². The number of amides is 3. The van der Waals surface area contributed by atoms with Crippen LogP contribution in [0.2, 0.25) is 5.02 Å². The Morgan fingerprint density at radius 2 is 2.16 bits per heavy atom. The lowest BCUT2D eigenvalue weighted by molar-refractivity contribution is -0.126. The van der Waals surface area contributed by atoms with Gasteiger partial charge in [0.15, 0.2) is 6.10 Å². The molecule has 3 amide bonds. The molecule has 0 heterocycles. The molecular weight excluding hydrogens is 270 g/mol. The van der Waals surface area contributed by atoms with Crippen molar-refractivity contribution in [2.75, 3.05) is 7.05 Å². The third kappa shape index (κ3) is 4.42. The van der Waals surface area contributed by atoms with Gasteiger partial charge < -0.3 is 15.8 Å². The second kappa shape index (κ2) is 6.96. The Kier molecular flexibility index (Phi) is 5.59. The largest absolute Gasteiger partial charge is 0.479 e. The highest BCUT2D eigenvalue weighted by atomic mass is 35.5. The summed E-state index contributed by atoms with van der Waals surface area (Å²) in [5.41, 5.74) is 6.34. The van der Waals surface area contributed by atoms with E-state index in [9.17, 15) is 9.59 Å². The number of rotatable bonds is 4. The van der Waals surface area contributed by atoms with E-state index in [0.29, 0.717) is 17.3 Å². The molecule has 1 rings (SSSR count). The first-order chi connectivity index (χ1) is 8.97. The van der Waals surface area contributed by atoms with Crippen LogP contribution in [0.5, 0.6) is 5.75 Å². The zero-order valence-electron chi connectivity index (χ0n) is 10.7. The van der Waals surface area contributed by atoms with Crippen molar-refractivity contribution in [2.45, 2.75) is 19.6 Å². The van der Waals surface area contributed by atoms with Crippen LogP contribution in [-0.2, 0) is 11.3 Å². The molecule has 1 aromatic carbocycles. The molecule has 7 heteroatoms. The van der Waals surface area contributed by atoms with E-state index in [-0.39, 0.29) is 0 Å². The summed E-state index contributed by atoms with van der Waals surface area (Å²) in [6.45, 7) is 1.89. The summed E-state index contributed by atoms with van der Waals surface area (Å²) < 4.78 is 5.39. The maximum absolute atomic E-state index is 11.6. The zero-order valence-corrected chi connectivity index (χ0v) is 11.5. The van der Waals surface area contributed by atoms with Gasteiger partial charge in [0.25, 0.3) is 5.91 Å². The van der Waals surface area contributed by atoms with Crippen molar-refractivity contribution in [3.63, 3.8) is 0 Å². The standard InChI is InChI=1S/C12H16ClN3O3/c1-7(11(17)16-12(18)15-2)19-10-4-3-8(6-14)5-9(10)13/h3-5,7H,6,14H2,1-2H3,(H2,15,16,17,18). The van der Waals surface area contributed by atoms with Gasteiger partial charge >= 0.3 is 6.03 Å². The highest BCUT2D eigenvalue weighted by Gasteiger charge is 2.18. The lowest BCUT2D eigenvalue weighted by atomic mass is 10.2. The van der Waals surface area contributed by atoms with Gasteiger partial charge in [-0.15, -0.1) is 0 Å². The molecule has 1 unspecified atom stereocenters. The Morgan fingerprint density at radius 1 is 1.47 bits per heavy atom. The number of ether oxygens (including phenoxy) is 1. The molecule has 1 atom stereocenters. The van der Waals surface area contributed by atoms with Crippen LogP contribution in [0.15, 0.2) is 18.2 Å². The number of imide groups is 1. The van der Waals surface area contributed by atoms with Gasteiger partial charge in [-0.05, 0) is 24.6 Å². The van der Waals surface area contributed by atoms with Crippen molar-refractivity contribution in [3.05, 3.63) is 28.8 Å². The summed E-state index contributed by atoms with van der Waals surface area (Å²) in [5.74, 6) is -0.197. The number of benzene rings is 1. The number of urea groups is 1. The average Bonchev–Trinajstić information content (AvgIpc) is 2.40. The predicted octanol–water partition coefficient (Wildman–Crippen LogP) is 1.02. The van der Waals surface area contributed by atoms with Crippen LogP contribution in [0.3, 0.4) is 0 Å². The highest BCUT2D eigenvalue weighted by molar-refractivity contribution is 6.32. The molecule has 0 bridgehead atoms. The number of halogens is 1. The van der Waals surface area contributed by atoms with Crippen LogP contribution in [0.1, 0.15) is 12.5 Å². The van der Waals surface area contributed by atoms with Crippen molar-refractivity contribution in [1.82, 2.24) is 10.6 Å². The fourth-order valence-electron chi connectivity index (χ4n) is 1.29. The number of carbonyl (C=O) groups is 2. The van der Waals surface area contributed by atoms with Gasteiger partial charge in [0.1, 0.15) is 5.75 Å². The lowest BCUT2D eigenvalue weighted by Gasteiger charge is -2.15. The first-order valence-corrected chi connectivity index (χ1v) is 6.03. The molecule has 0 spiro atoms. The number of nitrogens with two attached hydrogens (primary N) is 1. The van der Waals surface area contributed by atoms with Crippen LogP contribution in [0.4, 0.5) is 4.79 Å². The summed E-state index contributed by atoms with van der Waals surface area (Å²) in [6.07, 6.45) is -0.849. The van der Waals surface area contributed by atoms with Crippen molar-refractivity contribution in [2.24, 2.45) is 5.73 Å². The quantitative estimate of drug-likeness (QED) is 0.770. The zero-order chi connectivity index (χ0) is 14.4. The molecular formula is C12H16ClN3O3. The lowest BCUT2D eigenvalue weighted by Crippen LogP contribution is -2.43. The molecule has 19 heavy (non-hydrogen) atoms. The fraction of sp³-hybridized carbons (Fsp3) is 0.333. The number of nitrogens with one attached hydrogen (secondary N) is 2. The normalized spacial score (nSPS) is 11.6. The van der Waals surface area contributed by atoms with Gasteiger partial charge in [-0.2, -0.15) is 0 Å². The molecule has 6 nitrogen and oxygen atoms in total. The van der Waals surface area contributed by atoms with Crippen molar-refractivity contribution in [3.8, 4) is 5.75 Å². The molecule has 4 N–H and O–H groups in total. The Labute approximate surface area is 116 Å². The van der Waals surface area contributed by atoms with E-state index in [2.05, 4.69) is 10.6 Å². The summed E-state index contributed by atoms with van der Waals surface area (Å²) >= 11 is 6.00. The summed E-state index contributed by atoms with van der Waals surface area (Å²) in [7, 11) is 1.41. The Balaban J connectivity index is 2.68. The second-order valence-corrected chi connectivity index (χ2v) is 4.20. The molecule has 0 saturated carbocycles. The van der Waals surface area contributed by atoms with E-state index in [1.54, 1.807) is 18.2 Å². The third-order valence-corrected chi connectivity index (χ3v) is 2.66. The summed E-state index contributed by atoms with van der Waals surface area (Å²) in [5, 5.41) is 4.75. The van der Waals surface area contributed by atoms with Gasteiger partial charge in [0.2, 0.25) is 0 Å². The molecule has 0 aliphatic rings. The molecule has 0 saturated heterocycles. The van der Waals surface area contributed by atoms with E-state index in [0.717, 1.165) is 5.56 Å². The number of hydrogen-bond donors (Lipinski definition) is 3. The average molecular weight is 286 g/mol. The fourth-order valence-corrected chi connectivity index (χ4v) is 1.53. The SMILES string of the molecule is CNC(=O)NC(=O)C(C)Oc1ccc(CN)cc1Cl. The van der Waals surface area contributed by atoms with E-state index >= 15 is 0 Å². The van der Waals surface area contributed by atoms with Crippen LogP contribution in [-0.4, -0.2) is 25.1 Å². The molecule has 0 aliphatic carbocycles. The van der Waals surface area contributed by atoms with E-state index in [1.165, 1.54) is 14.0 Å². The molecule has 0 radical (unpaired) electrons. The van der Waals surface area contributed by atoms with Gasteiger partial charge in [0.05, 0.1) is 5.02 Å². The highest BCUT2D eigenvalue weighted by Crippen LogP contribution is 2.26.